The highest BCUT2D eigenvalue weighted by molar-refractivity contribution is 9.10. The molecule has 4 heterocycles. The summed E-state index contributed by atoms with van der Waals surface area (Å²) >= 11 is 3.38. The molecule has 0 unspecified atom stereocenters. The number of pyridine rings is 1. The van der Waals surface area contributed by atoms with Crippen molar-refractivity contribution in [2.75, 3.05) is 92.5 Å². The van der Waals surface area contributed by atoms with Crippen LogP contribution in [0.3, 0.4) is 0 Å². The van der Waals surface area contributed by atoms with Crippen LogP contribution < -0.4 is 16.4 Å². The molecular formula is C51H67BrN10O12. The number of hydrogen-bond acceptors (Lipinski definition) is 18. The van der Waals surface area contributed by atoms with E-state index in [1.54, 1.807) is 23.4 Å². The number of Topliss-reactive ketones (excluding diaryl/α,β-unsaturated/α-hetero) is 3. The van der Waals surface area contributed by atoms with E-state index in [1.165, 1.54) is 18.7 Å². The van der Waals surface area contributed by atoms with E-state index in [-0.39, 0.29) is 131 Å². The summed E-state index contributed by atoms with van der Waals surface area (Å²) in [5.41, 5.74) is 8.45. The minimum atomic E-state index is -0.806. The lowest BCUT2D eigenvalue weighted by Gasteiger charge is -2.27. The lowest BCUT2D eigenvalue weighted by atomic mass is 9.98. The number of benzene rings is 1. The van der Waals surface area contributed by atoms with E-state index in [0.717, 1.165) is 24.1 Å². The number of rotatable bonds is 32. The third-order valence-electron chi connectivity index (χ3n) is 12.8. The number of likely N-dealkylation sites (tertiary alicyclic amines) is 1. The second kappa shape index (κ2) is 27.5. The van der Waals surface area contributed by atoms with Crippen molar-refractivity contribution in [3.05, 3.63) is 64.4 Å². The summed E-state index contributed by atoms with van der Waals surface area (Å²) in [6.07, 6.45) is 6.38. The van der Waals surface area contributed by atoms with E-state index in [0.29, 0.717) is 65.0 Å². The molecule has 3 aromatic heterocycles. The van der Waals surface area contributed by atoms with E-state index in [4.69, 9.17) is 24.7 Å². The van der Waals surface area contributed by atoms with E-state index in [1.807, 2.05) is 45.3 Å². The molecule has 0 bridgehead atoms. The summed E-state index contributed by atoms with van der Waals surface area (Å²) in [6, 6.07) is 7.52. The predicted molar refractivity (Wildman–Crippen MR) is 274 cm³/mol. The number of ether oxygens (including phenoxy) is 5. The molecule has 2 fully saturated rings. The van der Waals surface area contributed by atoms with Gasteiger partial charge in [-0.2, -0.15) is 5.10 Å². The number of halogens is 1. The SMILES string of the molecule is COC(=O)[C@@H](N)CCC(=O)CCCOCCOCC(=O)NCCOCCOCC(=O)CCc1ncc(-c2ccc3c(c2)c(C(C)=O)nn3CC(=O)N2[C@H](C(=O)Nc3nc(Br)ccc3C)C[C@@]3(CN(C)C)C[C@@H]23)cn1. The van der Waals surface area contributed by atoms with E-state index in [2.05, 4.69) is 56.3 Å². The van der Waals surface area contributed by atoms with Gasteiger partial charge in [0.1, 0.15) is 59.6 Å². The average molecular weight is 1090 g/mol. The Morgan fingerprint density at radius 2 is 1.59 bits per heavy atom. The Hall–Kier alpha value is -5.95. The van der Waals surface area contributed by atoms with Crippen LogP contribution >= 0.6 is 15.9 Å². The molecule has 400 valence electrons. The van der Waals surface area contributed by atoms with Crippen LogP contribution in [0.15, 0.2) is 47.3 Å². The second-order valence-electron chi connectivity index (χ2n) is 18.8. The van der Waals surface area contributed by atoms with Crippen LogP contribution in [0.25, 0.3) is 22.0 Å². The molecule has 4 atom stereocenters. The van der Waals surface area contributed by atoms with Gasteiger partial charge in [-0.3, -0.25) is 38.2 Å². The highest BCUT2D eigenvalue weighted by atomic mass is 79.9. The van der Waals surface area contributed by atoms with Crippen molar-refractivity contribution in [1.82, 2.24) is 39.8 Å². The number of nitrogens with one attached hydrogen (secondary N) is 2. The number of nitrogens with two attached hydrogens (primary N) is 1. The maximum Gasteiger partial charge on any atom is 0.322 e. The summed E-state index contributed by atoms with van der Waals surface area (Å²) in [4.78, 5) is 106. The van der Waals surface area contributed by atoms with Crippen LogP contribution in [0.2, 0.25) is 0 Å². The van der Waals surface area contributed by atoms with Crippen molar-refractivity contribution in [3.8, 4) is 11.1 Å². The molecule has 0 spiro atoms. The van der Waals surface area contributed by atoms with Gasteiger partial charge in [0.25, 0.3) is 0 Å². The Bertz CT molecular complexity index is 2630. The zero-order valence-corrected chi connectivity index (χ0v) is 44.3. The molecule has 1 aliphatic heterocycles. The molecule has 1 saturated carbocycles. The van der Waals surface area contributed by atoms with Crippen LogP contribution in [0.1, 0.15) is 73.7 Å². The number of methoxy groups -OCH3 is 1. The largest absolute Gasteiger partial charge is 0.468 e. The molecule has 1 saturated heterocycles. The van der Waals surface area contributed by atoms with Gasteiger partial charge in [-0.25, -0.2) is 15.0 Å². The Kier molecular flexibility index (Phi) is 21.3. The number of hydrogen-bond donors (Lipinski definition) is 3. The van der Waals surface area contributed by atoms with E-state index < -0.39 is 18.1 Å². The number of fused-ring (bicyclic) bond motifs is 2. The molecule has 3 amide bonds. The number of aryl methyl sites for hydroxylation is 2. The molecule has 6 rings (SSSR count). The molecule has 4 aromatic rings. The van der Waals surface area contributed by atoms with Crippen molar-refractivity contribution < 1.29 is 57.2 Å². The van der Waals surface area contributed by atoms with Gasteiger partial charge in [0, 0.05) is 87.1 Å². The van der Waals surface area contributed by atoms with Gasteiger partial charge in [0.05, 0.1) is 45.7 Å². The molecule has 0 radical (unpaired) electrons. The van der Waals surface area contributed by atoms with Gasteiger partial charge < -0.3 is 49.9 Å². The molecule has 1 aliphatic carbocycles. The molecule has 23 heteroatoms. The van der Waals surface area contributed by atoms with Crippen molar-refractivity contribution in [3.63, 3.8) is 0 Å². The van der Waals surface area contributed by atoms with Gasteiger partial charge in [-0.15, -0.1) is 0 Å². The fourth-order valence-electron chi connectivity index (χ4n) is 8.99. The van der Waals surface area contributed by atoms with E-state index >= 15 is 0 Å². The highest BCUT2D eigenvalue weighted by Gasteiger charge is 2.67. The number of anilines is 1. The number of carbonyl (C=O) groups excluding carboxylic acids is 7. The molecule has 1 aromatic carbocycles. The standard InChI is InChI=1S/C51H67BrN10O12/c1-32-8-14-43(52)57-48(32)58-49(68)41-24-51(31-60(3)4)25-42(51)62(41)46(67)28-61-40-13-9-34(23-38(40)47(59-61)33(2)63)35-26-55-44(56-27-35)15-11-37(65)29-73-21-20-72-18-16-54-45(66)30-74-22-19-71-17-6-7-36(64)10-12-39(53)50(69)70-5/h8-9,13-14,23,26-27,39,41-42H,6-7,10-12,15-22,24-25,28-31,53H2,1-5H3,(H,54,66)(H,57,58,68)/t39-,41-,42+,51-/m0/s1. The van der Waals surface area contributed by atoms with Crippen LogP contribution in [0, 0.1) is 12.3 Å². The Morgan fingerprint density at radius 1 is 0.878 bits per heavy atom. The first-order valence-corrected chi connectivity index (χ1v) is 25.4. The Labute approximate surface area is 438 Å². The molecular weight excluding hydrogens is 1020 g/mol. The van der Waals surface area contributed by atoms with Crippen molar-refractivity contribution in [2.24, 2.45) is 11.1 Å². The first kappa shape index (κ1) is 57.3. The lowest BCUT2D eigenvalue weighted by Crippen LogP contribution is -2.47. The second-order valence-corrected chi connectivity index (χ2v) is 19.7. The zero-order chi connectivity index (χ0) is 53.4. The number of esters is 1. The summed E-state index contributed by atoms with van der Waals surface area (Å²) in [5.74, 6) is -0.910. The van der Waals surface area contributed by atoms with E-state index in [9.17, 15) is 33.6 Å². The number of amides is 3. The van der Waals surface area contributed by atoms with Crippen molar-refractivity contribution in [2.45, 2.75) is 89.9 Å². The lowest BCUT2D eigenvalue weighted by molar-refractivity contribution is -0.142. The average Bonchev–Trinajstić information content (AvgIpc) is 3.77. The van der Waals surface area contributed by atoms with Crippen LogP contribution in [0.4, 0.5) is 5.82 Å². The number of aromatic nitrogens is 5. The summed E-state index contributed by atoms with van der Waals surface area (Å²) in [5, 5.41) is 10.8. The van der Waals surface area contributed by atoms with Gasteiger partial charge in [0.15, 0.2) is 11.6 Å². The van der Waals surface area contributed by atoms with Gasteiger partial charge in [-0.1, -0.05) is 12.1 Å². The van der Waals surface area contributed by atoms with Gasteiger partial charge in [-0.05, 0) is 92.0 Å². The number of carbonyl (C=O) groups is 7. The number of piperidine rings is 1. The first-order valence-electron chi connectivity index (χ1n) is 24.7. The Morgan fingerprint density at radius 3 is 2.31 bits per heavy atom. The molecule has 74 heavy (non-hydrogen) atoms. The number of nitrogens with zero attached hydrogens (tertiary/aromatic N) is 7. The maximum absolute atomic E-state index is 14.3. The van der Waals surface area contributed by atoms with Gasteiger partial charge in [0.2, 0.25) is 17.7 Å². The summed E-state index contributed by atoms with van der Waals surface area (Å²) in [6.45, 7) is 5.40. The summed E-state index contributed by atoms with van der Waals surface area (Å²) < 4.78 is 28.3. The molecule has 4 N–H and O–H groups in total. The molecule has 22 nitrogen and oxygen atoms in total. The van der Waals surface area contributed by atoms with Crippen LogP contribution in [-0.2, 0) is 65.4 Å². The third-order valence-corrected chi connectivity index (χ3v) is 13.2. The molecule has 2 aliphatic rings. The quantitative estimate of drug-likeness (QED) is 0.0274. The normalized spacial score (nSPS) is 17.3. The monoisotopic (exact) mass is 1090 g/mol. The van der Waals surface area contributed by atoms with Crippen molar-refractivity contribution in [1.29, 1.82) is 0 Å². The fourth-order valence-corrected chi connectivity index (χ4v) is 9.30. The zero-order valence-electron chi connectivity index (χ0n) is 42.7. The minimum Gasteiger partial charge on any atom is -0.468 e. The number of ketones is 3. The highest BCUT2D eigenvalue weighted by Crippen LogP contribution is 2.60. The predicted octanol–water partition coefficient (Wildman–Crippen LogP) is 3.04. The van der Waals surface area contributed by atoms with Crippen molar-refractivity contribution >= 4 is 73.7 Å². The van der Waals surface area contributed by atoms with Gasteiger partial charge >= 0.3 is 5.97 Å². The topological polar surface area (TPSA) is 279 Å². The smallest absolute Gasteiger partial charge is 0.322 e. The van der Waals surface area contributed by atoms with Crippen LogP contribution in [0.5, 0.6) is 0 Å². The Balaban J connectivity index is 0.872. The van der Waals surface area contributed by atoms with Crippen LogP contribution in [-0.4, -0.2) is 181 Å². The third kappa shape index (κ3) is 16.3. The first-order chi connectivity index (χ1) is 35.5. The maximum atomic E-state index is 14.3. The summed E-state index contributed by atoms with van der Waals surface area (Å²) in [7, 11) is 5.22. The minimum absolute atomic E-state index is 0.00801. The fraction of sp³-hybridized carbons (Fsp3) is 0.549.